The van der Waals surface area contributed by atoms with Crippen molar-refractivity contribution in [1.29, 1.82) is 0 Å². The van der Waals surface area contributed by atoms with E-state index in [0.717, 1.165) is 0 Å². The lowest BCUT2D eigenvalue weighted by Gasteiger charge is -2.05. The number of benzene rings is 1. The number of aliphatic hydroxyl groups is 1. The van der Waals surface area contributed by atoms with Crippen molar-refractivity contribution < 1.29 is 17.9 Å². The van der Waals surface area contributed by atoms with E-state index in [9.17, 15) is 12.8 Å². The topological polar surface area (TPSA) is 66.4 Å². The fraction of sp³-hybridized carbons (Fsp3) is 0.400. The first-order valence-corrected chi connectivity index (χ1v) is 6.51. The van der Waals surface area contributed by atoms with Gasteiger partial charge in [0.15, 0.2) is 0 Å². The highest BCUT2D eigenvalue weighted by atomic mass is 32.2. The van der Waals surface area contributed by atoms with Crippen LogP contribution in [0.5, 0.6) is 0 Å². The first-order valence-electron chi connectivity index (χ1n) is 4.86. The van der Waals surface area contributed by atoms with Crippen molar-refractivity contribution in [2.75, 3.05) is 12.4 Å². The molecular weight excluding hydrogens is 233 g/mol. The molecule has 0 aliphatic rings. The van der Waals surface area contributed by atoms with Crippen LogP contribution in [0, 0.1) is 5.82 Å². The quantitative estimate of drug-likeness (QED) is 0.774. The summed E-state index contributed by atoms with van der Waals surface area (Å²) in [4.78, 5) is 0. The maximum absolute atomic E-state index is 12.8. The van der Waals surface area contributed by atoms with Gasteiger partial charge in [0.05, 0.1) is 5.75 Å². The van der Waals surface area contributed by atoms with Gasteiger partial charge in [-0.15, -0.1) is 0 Å². The molecule has 0 saturated heterocycles. The molecule has 0 atom stereocenters. The minimum absolute atomic E-state index is 0.0610. The van der Waals surface area contributed by atoms with E-state index < -0.39 is 15.8 Å². The van der Waals surface area contributed by atoms with Crippen LogP contribution in [0.3, 0.4) is 0 Å². The van der Waals surface area contributed by atoms with Crippen LogP contribution in [0.4, 0.5) is 4.39 Å². The third-order valence-electron chi connectivity index (χ3n) is 1.96. The molecule has 0 radical (unpaired) electrons. The van der Waals surface area contributed by atoms with Crippen LogP contribution < -0.4 is 4.72 Å². The molecule has 1 aromatic carbocycles. The lowest BCUT2D eigenvalue weighted by Crippen LogP contribution is -2.26. The third-order valence-corrected chi connectivity index (χ3v) is 3.37. The molecule has 0 aliphatic carbocycles. The minimum atomic E-state index is -3.39. The van der Waals surface area contributed by atoms with Gasteiger partial charge < -0.3 is 5.11 Å². The second-order valence-corrected chi connectivity index (χ2v) is 5.27. The number of aliphatic hydroxyl groups excluding tert-OH is 1. The Labute approximate surface area is 94.2 Å². The molecule has 0 saturated carbocycles. The molecule has 0 amide bonds. The summed E-state index contributed by atoms with van der Waals surface area (Å²) in [7, 11) is -3.39. The number of hydrogen-bond acceptors (Lipinski definition) is 3. The Kier molecular flexibility index (Phi) is 4.85. The molecule has 90 valence electrons. The SMILES string of the molecule is O=S(=O)(CCCO)NCc1cccc(F)c1. The zero-order valence-electron chi connectivity index (χ0n) is 8.69. The maximum atomic E-state index is 12.8. The van der Waals surface area contributed by atoms with Gasteiger partial charge in [0.1, 0.15) is 5.82 Å². The Morgan fingerprint density at radius 2 is 2.12 bits per heavy atom. The monoisotopic (exact) mass is 247 g/mol. The van der Waals surface area contributed by atoms with E-state index in [4.69, 9.17) is 5.11 Å². The summed E-state index contributed by atoms with van der Waals surface area (Å²) < 4.78 is 37.8. The molecule has 0 bridgehead atoms. The van der Waals surface area contributed by atoms with Gasteiger partial charge in [-0.1, -0.05) is 12.1 Å². The molecule has 1 rings (SSSR count). The smallest absolute Gasteiger partial charge is 0.211 e. The molecular formula is C10H14FNO3S. The minimum Gasteiger partial charge on any atom is -0.396 e. The Balaban J connectivity index is 2.51. The van der Waals surface area contributed by atoms with Gasteiger partial charge in [0.25, 0.3) is 0 Å². The van der Waals surface area contributed by atoms with Crippen LogP contribution >= 0.6 is 0 Å². The summed E-state index contributed by atoms with van der Waals surface area (Å²) in [6, 6.07) is 5.72. The van der Waals surface area contributed by atoms with E-state index in [1.807, 2.05) is 0 Å². The van der Waals surface area contributed by atoms with Gasteiger partial charge in [-0.05, 0) is 24.1 Å². The maximum Gasteiger partial charge on any atom is 0.211 e. The van der Waals surface area contributed by atoms with Crippen LogP contribution in [-0.2, 0) is 16.6 Å². The normalized spacial score (nSPS) is 11.6. The van der Waals surface area contributed by atoms with Crippen LogP contribution in [0.1, 0.15) is 12.0 Å². The van der Waals surface area contributed by atoms with Crippen LogP contribution in [0.15, 0.2) is 24.3 Å². The van der Waals surface area contributed by atoms with Crippen LogP contribution in [-0.4, -0.2) is 25.9 Å². The Bertz CT molecular complexity index is 433. The van der Waals surface area contributed by atoms with E-state index in [1.54, 1.807) is 6.07 Å². The summed E-state index contributed by atoms with van der Waals surface area (Å²) in [5, 5.41) is 8.51. The van der Waals surface area contributed by atoms with Crippen LogP contribution in [0.2, 0.25) is 0 Å². The first-order chi connectivity index (χ1) is 7.53. The van der Waals surface area contributed by atoms with Gasteiger partial charge in [0, 0.05) is 13.2 Å². The molecule has 1 aromatic rings. The van der Waals surface area contributed by atoms with Crippen molar-refractivity contribution in [2.45, 2.75) is 13.0 Å². The van der Waals surface area contributed by atoms with Gasteiger partial charge >= 0.3 is 0 Å². The van der Waals surface area contributed by atoms with Crippen molar-refractivity contribution in [1.82, 2.24) is 4.72 Å². The zero-order valence-corrected chi connectivity index (χ0v) is 9.50. The van der Waals surface area contributed by atoms with E-state index in [0.29, 0.717) is 5.56 Å². The average molecular weight is 247 g/mol. The van der Waals surface area contributed by atoms with Crippen LogP contribution in [0.25, 0.3) is 0 Å². The summed E-state index contributed by atoms with van der Waals surface area (Å²) in [6.45, 7) is -0.105. The molecule has 0 fully saturated rings. The Hall–Kier alpha value is -0.980. The third kappa shape index (κ3) is 4.69. The van der Waals surface area contributed by atoms with E-state index in [1.165, 1.54) is 18.2 Å². The fourth-order valence-electron chi connectivity index (χ4n) is 1.17. The molecule has 0 aliphatic heterocycles. The summed E-state index contributed by atoms with van der Waals surface area (Å²) >= 11 is 0. The Morgan fingerprint density at radius 1 is 1.38 bits per heavy atom. The predicted octanol–water partition coefficient (Wildman–Crippen LogP) is 0.627. The highest BCUT2D eigenvalue weighted by molar-refractivity contribution is 7.89. The summed E-state index contributed by atoms with van der Waals surface area (Å²) in [5.41, 5.74) is 0.563. The zero-order chi connectivity index (χ0) is 12.0. The van der Waals surface area contributed by atoms with E-state index in [-0.39, 0.29) is 25.3 Å². The van der Waals surface area contributed by atoms with Crippen molar-refractivity contribution in [3.8, 4) is 0 Å². The summed E-state index contributed by atoms with van der Waals surface area (Å²) in [6.07, 6.45) is 0.193. The molecule has 6 heteroatoms. The molecule has 0 spiro atoms. The van der Waals surface area contributed by atoms with E-state index >= 15 is 0 Å². The van der Waals surface area contributed by atoms with Gasteiger partial charge in [-0.2, -0.15) is 0 Å². The predicted molar refractivity (Wildman–Crippen MR) is 58.7 cm³/mol. The second-order valence-electron chi connectivity index (χ2n) is 3.35. The lowest BCUT2D eigenvalue weighted by atomic mass is 10.2. The highest BCUT2D eigenvalue weighted by Gasteiger charge is 2.08. The molecule has 0 aromatic heterocycles. The van der Waals surface area contributed by atoms with Crippen molar-refractivity contribution in [3.63, 3.8) is 0 Å². The summed E-state index contributed by atoms with van der Waals surface area (Å²) in [5.74, 6) is -0.522. The number of nitrogens with one attached hydrogen (secondary N) is 1. The number of halogens is 1. The largest absolute Gasteiger partial charge is 0.396 e. The number of rotatable bonds is 6. The molecule has 16 heavy (non-hydrogen) atoms. The highest BCUT2D eigenvalue weighted by Crippen LogP contribution is 2.03. The molecule has 0 unspecified atom stereocenters. The van der Waals surface area contributed by atoms with Crippen molar-refractivity contribution >= 4 is 10.0 Å². The molecule has 0 heterocycles. The lowest BCUT2D eigenvalue weighted by molar-refractivity contribution is 0.295. The van der Waals surface area contributed by atoms with Gasteiger partial charge in [0.2, 0.25) is 10.0 Å². The standard InChI is InChI=1S/C10H14FNO3S/c11-10-4-1-3-9(7-10)8-12-16(14,15)6-2-5-13/h1,3-4,7,12-13H,2,5-6,8H2. The Morgan fingerprint density at radius 3 is 2.75 bits per heavy atom. The first kappa shape index (κ1) is 13.1. The fourth-order valence-corrected chi connectivity index (χ4v) is 2.21. The molecule has 2 N–H and O–H groups in total. The van der Waals surface area contributed by atoms with E-state index in [2.05, 4.69) is 4.72 Å². The second kappa shape index (κ2) is 5.93. The number of sulfonamides is 1. The van der Waals surface area contributed by atoms with Gasteiger partial charge in [-0.25, -0.2) is 17.5 Å². The average Bonchev–Trinajstić information content (AvgIpc) is 2.24. The molecule has 4 nitrogen and oxygen atoms in total. The van der Waals surface area contributed by atoms with Crippen molar-refractivity contribution in [3.05, 3.63) is 35.6 Å². The van der Waals surface area contributed by atoms with Gasteiger partial charge in [-0.3, -0.25) is 0 Å². The van der Waals surface area contributed by atoms with Crippen molar-refractivity contribution in [2.24, 2.45) is 0 Å². The number of hydrogen-bond donors (Lipinski definition) is 2.